The maximum absolute atomic E-state index is 13.9. The van der Waals surface area contributed by atoms with Gasteiger partial charge in [-0.2, -0.15) is 13.2 Å². The molecule has 4 heterocycles. The van der Waals surface area contributed by atoms with Crippen molar-refractivity contribution in [3.8, 4) is 16.3 Å². The van der Waals surface area contributed by atoms with Crippen molar-refractivity contribution >= 4 is 56.2 Å². The number of nitrogens with one attached hydrogen (secondary N) is 1. The van der Waals surface area contributed by atoms with Gasteiger partial charge in [0, 0.05) is 10.9 Å². The lowest BCUT2D eigenvalue weighted by Gasteiger charge is -2.18. The Morgan fingerprint density at radius 2 is 2.03 bits per heavy atom. The minimum absolute atomic E-state index is 0.0504. The Morgan fingerprint density at radius 1 is 1.22 bits per heavy atom. The first-order valence-electron chi connectivity index (χ1n) is 10.4. The van der Waals surface area contributed by atoms with E-state index in [0.29, 0.717) is 16.3 Å². The fourth-order valence-electron chi connectivity index (χ4n) is 3.75. The summed E-state index contributed by atoms with van der Waals surface area (Å²) in [7, 11) is 0. The second kappa shape index (κ2) is 9.03. The van der Waals surface area contributed by atoms with Crippen molar-refractivity contribution in [1.29, 1.82) is 0 Å². The summed E-state index contributed by atoms with van der Waals surface area (Å²) < 4.78 is 52.1. The quantitative estimate of drug-likeness (QED) is 0.261. The molecule has 1 amide bonds. The molecule has 0 atom stereocenters. The highest BCUT2D eigenvalue weighted by molar-refractivity contribution is 7.20. The van der Waals surface area contributed by atoms with E-state index in [4.69, 9.17) is 9.47 Å². The number of fused-ring (bicyclic) bond motifs is 2. The Morgan fingerprint density at radius 3 is 2.75 bits per heavy atom. The van der Waals surface area contributed by atoms with Crippen LogP contribution in [0.15, 0.2) is 41.8 Å². The highest BCUT2D eigenvalue weighted by Gasteiger charge is 2.36. The zero-order valence-corrected chi connectivity index (χ0v) is 20.0. The van der Waals surface area contributed by atoms with Crippen molar-refractivity contribution in [2.24, 2.45) is 0 Å². The highest BCUT2D eigenvalue weighted by Crippen LogP contribution is 2.42. The van der Waals surface area contributed by atoms with Crippen molar-refractivity contribution in [3.63, 3.8) is 0 Å². The lowest BCUT2D eigenvalue weighted by atomic mass is 10.1. The van der Waals surface area contributed by atoms with Crippen LogP contribution in [0.5, 0.6) is 5.75 Å². The Bertz CT molecular complexity index is 1530. The third-order valence-corrected chi connectivity index (χ3v) is 7.49. The molecule has 4 aromatic rings. The van der Waals surface area contributed by atoms with Gasteiger partial charge in [0.25, 0.3) is 5.91 Å². The van der Waals surface area contributed by atoms with Crippen LogP contribution in [0.1, 0.15) is 31.2 Å². The van der Waals surface area contributed by atoms with Crippen molar-refractivity contribution in [1.82, 2.24) is 4.98 Å². The first kappa shape index (κ1) is 23.9. The van der Waals surface area contributed by atoms with Crippen LogP contribution in [0.3, 0.4) is 0 Å². The van der Waals surface area contributed by atoms with Crippen molar-refractivity contribution in [2.75, 3.05) is 18.5 Å². The van der Waals surface area contributed by atoms with Crippen molar-refractivity contribution in [2.45, 2.75) is 13.1 Å². The molecule has 0 saturated carbocycles. The number of rotatable bonds is 5. The van der Waals surface area contributed by atoms with Gasteiger partial charge in [0.05, 0.1) is 21.8 Å². The number of ketones is 1. The van der Waals surface area contributed by atoms with E-state index in [1.54, 1.807) is 17.5 Å². The molecular formula is C24H15F3N2O5S2. The number of anilines is 1. The van der Waals surface area contributed by atoms with Crippen LogP contribution in [-0.4, -0.2) is 35.9 Å². The minimum atomic E-state index is -4.66. The number of pyridine rings is 1. The number of hydrogen-bond donors (Lipinski definition) is 1. The topological polar surface area (TPSA) is 94.6 Å². The van der Waals surface area contributed by atoms with E-state index in [9.17, 15) is 27.6 Å². The number of alkyl halides is 3. The number of carbonyl (C=O) groups excluding carboxylic acids is 3. The Hall–Kier alpha value is -3.77. The standard InChI is InChI=1S/C24H15F3N2O5S2/c1-11-20-13(24(25,26)27)8-15(18-3-2-6-35-18)29-22(20)36-21(11)23(32)34-9-16(30)12-4-5-17-14(7-12)28-19(31)10-33-17/h2-8H,9-10H2,1H3,(H,28,31). The molecular weight excluding hydrogens is 517 g/mol. The predicted octanol–water partition coefficient (Wildman–Crippen LogP) is 5.72. The van der Waals surface area contributed by atoms with Gasteiger partial charge in [0.1, 0.15) is 15.5 Å². The molecule has 184 valence electrons. The number of esters is 1. The lowest BCUT2D eigenvalue weighted by molar-refractivity contribution is -0.136. The molecule has 0 aliphatic carbocycles. The second-order valence-corrected chi connectivity index (χ2v) is 9.76. The largest absolute Gasteiger partial charge is 0.482 e. The van der Waals surface area contributed by atoms with Crippen molar-refractivity contribution < 1.29 is 37.0 Å². The van der Waals surface area contributed by atoms with E-state index in [2.05, 4.69) is 10.3 Å². The first-order chi connectivity index (χ1) is 17.1. The van der Waals surface area contributed by atoms with Gasteiger partial charge in [-0.05, 0) is 48.2 Å². The molecule has 1 aliphatic heterocycles. The van der Waals surface area contributed by atoms with E-state index in [1.165, 1.54) is 36.5 Å². The number of amides is 1. The lowest BCUT2D eigenvalue weighted by Crippen LogP contribution is -2.25. The molecule has 0 spiro atoms. The van der Waals surface area contributed by atoms with Gasteiger partial charge < -0.3 is 14.8 Å². The number of halogens is 3. The van der Waals surface area contributed by atoms with Gasteiger partial charge in [0.15, 0.2) is 19.0 Å². The molecule has 0 saturated heterocycles. The molecule has 0 bridgehead atoms. The van der Waals surface area contributed by atoms with E-state index < -0.39 is 30.1 Å². The summed E-state index contributed by atoms with van der Waals surface area (Å²) in [5.74, 6) is -1.45. The predicted molar refractivity (Wildman–Crippen MR) is 128 cm³/mol. The Kier molecular flexibility index (Phi) is 6.00. The van der Waals surface area contributed by atoms with E-state index in [-0.39, 0.29) is 44.4 Å². The zero-order chi connectivity index (χ0) is 25.6. The van der Waals surface area contributed by atoms with E-state index in [1.807, 2.05) is 0 Å². The Balaban J connectivity index is 1.41. The van der Waals surface area contributed by atoms with Gasteiger partial charge in [-0.3, -0.25) is 9.59 Å². The average Bonchev–Trinajstić information content (AvgIpc) is 3.49. The van der Waals surface area contributed by atoms with Crippen LogP contribution in [0.4, 0.5) is 18.9 Å². The van der Waals surface area contributed by atoms with Gasteiger partial charge >= 0.3 is 12.1 Å². The van der Waals surface area contributed by atoms with Crippen LogP contribution in [0.25, 0.3) is 20.8 Å². The summed E-state index contributed by atoms with van der Waals surface area (Å²) in [6, 6.07) is 8.73. The average molecular weight is 533 g/mol. The summed E-state index contributed by atoms with van der Waals surface area (Å²) in [6.07, 6.45) is -4.66. The van der Waals surface area contributed by atoms with Gasteiger partial charge in [-0.25, -0.2) is 9.78 Å². The maximum atomic E-state index is 13.9. The SMILES string of the molecule is Cc1c(C(=O)OCC(=O)c2ccc3c(c2)NC(=O)CO3)sc2nc(-c3cccs3)cc(C(F)(F)F)c12. The molecule has 1 N–H and O–H groups in total. The number of ether oxygens (including phenoxy) is 2. The molecule has 5 rings (SSSR count). The molecule has 12 heteroatoms. The van der Waals surface area contributed by atoms with Crippen LogP contribution in [0, 0.1) is 6.92 Å². The molecule has 36 heavy (non-hydrogen) atoms. The van der Waals surface area contributed by atoms with Gasteiger partial charge in [0.2, 0.25) is 0 Å². The number of benzene rings is 1. The van der Waals surface area contributed by atoms with Crippen LogP contribution < -0.4 is 10.1 Å². The van der Waals surface area contributed by atoms with Gasteiger partial charge in [-0.15, -0.1) is 22.7 Å². The summed E-state index contributed by atoms with van der Waals surface area (Å²) in [5, 5.41) is 4.14. The van der Waals surface area contributed by atoms with Gasteiger partial charge in [-0.1, -0.05) is 6.07 Å². The monoisotopic (exact) mass is 532 g/mol. The molecule has 0 fully saturated rings. The zero-order valence-electron chi connectivity index (χ0n) is 18.4. The fourth-order valence-corrected chi connectivity index (χ4v) is 5.54. The fraction of sp³-hybridized carbons (Fsp3) is 0.167. The maximum Gasteiger partial charge on any atom is 0.417 e. The number of aromatic nitrogens is 1. The smallest absolute Gasteiger partial charge is 0.417 e. The van der Waals surface area contributed by atoms with Crippen LogP contribution >= 0.6 is 22.7 Å². The molecule has 0 unspecified atom stereocenters. The van der Waals surface area contributed by atoms with E-state index >= 15 is 0 Å². The minimum Gasteiger partial charge on any atom is -0.482 e. The molecule has 0 radical (unpaired) electrons. The molecule has 1 aromatic carbocycles. The first-order valence-corrected chi connectivity index (χ1v) is 12.1. The molecule has 1 aliphatic rings. The third kappa shape index (κ3) is 4.44. The molecule has 3 aromatic heterocycles. The summed E-state index contributed by atoms with van der Waals surface area (Å²) in [4.78, 5) is 41.8. The number of Topliss-reactive ketones (excluding diaryl/α,β-unsaturated/α-hetero) is 1. The number of thiophene rings is 2. The molecule has 7 nitrogen and oxygen atoms in total. The summed E-state index contributed by atoms with van der Waals surface area (Å²) in [6.45, 7) is 0.622. The van der Waals surface area contributed by atoms with Crippen molar-refractivity contribution in [3.05, 3.63) is 63.3 Å². The van der Waals surface area contributed by atoms with Crippen LogP contribution in [-0.2, 0) is 15.7 Å². The number of hydrogen-bond acceptors (Lipinski definition) is 8. The number of nitrogens with zero attached hydrogens (tertiary/aromatic N) is 1. The second-order valence-electron chi connectivity index (χ2n) is 7.81. The highest BCUT2D eigenvalue weighted by atomic mass is 32.1. The Labute approximate surface area is 209 Å². The summed E-state index contributed by atoms with van der Waals surface area (Å²) in [5.41, 5.74) is -0.167. The van der Waals surface area contributed by atoms with E-state index in [0.717, 1.165) is 17.4 Å². The normalized spacial score (nSPS) is 13.2. The number of aryl methyl sites for hydroxylation is 1. The van der Waals surface area contributed by atoms with Crippen LogP contribution in [0.2, 0.25) is 0 Å². The summed E-state index contributed by atoms with van der Waals surface area (Å²) >= 11 is 2.04. The number of carbonyl (C=O) groups is 3. The third-order valence-electron chi connectivity index (χ3n) is 5.43.